The van der Waals surface area contributed by atoms with Gasteiger partial charge in [-0.25, -0.2) is 4.98 Å². The molecule has 0 fully saturated rings. The predicted octanol–water partition coefficient (Wildman–Crippen LogP) is 3.11. The number of fused-ring (bicyclic) bond motifs is 1. The van der Waals surface area contributed by atoms with Gasteiger partial charge >= 0.3 is 0 Å². The molecule has 27 heavy (non-hydrogen) atoms. The summed E-state index contributed by atoms with van der Waals surface area (Å²) in [6, 6.07) is 12.5. The molecule has 1 amide bonds. The lowest BCUT2D eigenvalue weighted by molar-refractivity contribution is -0.131. The van der Waals surface area contributed by atoms with Crippen LogP contribution in [0.3, 0.4) is 0 Å². The Morgan fingerprint density at radius 3 is 2.67 bits per heavy atom. The molecule has 0 saturated heterocycles. The van der Waals surface area contributed by atoms with Gasteiger partial charge in [0.25, 0.3) is 5.56 Å². The summed E-state index contributed by atoms with van der Waals surface area (Å²) < 4.78 is 6.72. The zero-order chi connectivity index (χ0) is 19.4. The summed E-state index contributed by atoms with van der Waals surface area (Å²) in [5.74, 6) is 0.608. The molecular weight excluding hydrogens is 366 g/mol. The van der Waals surface area contributed by atoms with Crippen LogP contribution in [0.25, 0.3) is 10.9 Å². The van der Waals surface area contributed by atoms with E-state index in [9.17, 15) is 9.59 Å². The molecule has 0 saturated carbocycles. The molecular formula is C20H20ClN3O3. The summed E-state index contributed by atoms with van der Waals surface area (Å²) >= 11 is 5.96. The zero-order valence-corrected chi connectivity index (χ0v) is 15.9. The third kappa shape index (κ3) is 4.46. The topological polar surface area (TPSA) is 64.4 Å². The molecule has 6 nitrogen and oxygen atoms in total. The van der Waals surface area contributed by atoms with Gasteiger partial charge in [-0.1, -0.05) is 23.7 Å². The highest BCUT2D eigenvalue weighted by Crippen LogP contribution is 2.15. The average Bonchev–Trinajstić information content (AvgIpc) is 2.66. The molecule has 0 aliphatic carbocycles. The average molecular weight is 386 g/mol. The molecule has 0 atom stereocenters. The minimum atomic E-state index is -0.287. The number of likely N-dealkylation sites (N-methyl/N-ethyl adjacent to an activating group) is 1. The fourth-order valence-corrected chi connectivity index (χ4v) is 2.90. The van der Waals surface area contributed by atoms with Crippen LogP contribution in [0.15, 0.2) is 53.6 Å². The summed E-state index contributed by atoms with van der Waals surface area (Å²) in [5.41, 5.74) is 1.24. The number of nitrogens with zero attached hydrogens (tertiary/aromatic N) is 3. The molecule has 1 aromatic heterocycles. The molecule has 0 bridgehead atoms. The Kier molecular flexibility index (Phi) is 5.76. The van der Waals surface area contributed by atoms with E-state index in [0.717, 1.165) is 11.3 Å². The first-order valence-corrected chi connectivity index (χ1v) is 8.96. The molecule has 0 unspecified atom stereocenters. The van der Waals surface area contributed by atoms with E-state index < -0.39 is 0 Å². The van der Waals surface area contributed by atoms with Gasteiger partial charge in [-0.3, -0.25) is 14.2 Å². The highest BCUT2D eigenvalue weighted by Gasteiger charge is 2.13. The van der Waals surface area contributed by atoms with Gasteiger partial charge < -0.3 is 9.64 Å². The van der Waals surface area contributed by atoms with Crippen molar-refractivity contribution in [3.8, 4) is 5.75 Å². The first-order valence-electron chi connectivity index (χ1n) is 8.58. The highest BCUT2D eigenvalue weighted by atomic mass is 35.5. The molecule has 0 aliphatic rings. The molecule has 7 heteroatoms. The largest absolute Gasteiger partial charge is 0.494 e. The van der Waals surface area contributed by atoms with Crippen LogP contribution >= 0.6 is 11.6 Å². The maximum absolute atomic E-state index is 12.6. The van der Waals surface area contributed by atoms with Crippen LogP contribution in [0, 0.1) is 0 Å². The Morgan fingerprint density at radius 2 is 1.96 bits per heavy atom. The second-order valence-electron chi connectivity index (χ2n) is 6.17. The number of aromatic nitrogens is 2. The number of rotatable bonds is 6. The maximum atomic E-state index is 12.6. The van der Waals surface area contributed by atoms with Gasteiger partial charge in [-0.05, 0) is 42.8 Å². The fourth-order valence-electron chi connectivity index (χ4n) is 2.73. The van der Waals surface area contributed by atoms with Crippen LogP contribution < -0.4 is 10.3 Å². The second-order valence-corrected chi connectivity index (χ2v) is 6.60. The summed E-state index contributed by atoms with van der Waals surface area (Å²) in [4.78, 5) is 30.9. The van der Waals surface area contributed by atoms with Gasteiger partial charge in [0.2, 0.25) is 5.91 Å². The van der Waals surface area contributed by atoms with Crippen molar-refractivity contribution in [3.63, 3.8) is 0 Å². The second kappa shape index (κ2) is 8.22. The third-order valence-corrected chi connectivity index (χ3v) is 4.41. The standard InChI is InChI=1S/C20H20ClN3O3/c1-3-27-16-7-4-14(5-8-16)11-23(2)19(25)12-24-13-22-18-9-6-15(21)10-17(18)20(24)26/h4-10,13H,3,11-12H2,1-2H3. The molecule has 2 aromatic carbocycles. The number of benzene rings is 2. The fraction of sp³-hybridized carbons (Fsp3) is 0.250. The molecule has 0 radical (unpaired) electrons. The van der Waals surface area contributed by atoms with Crippen LogP contribution in [-0.4, -0.2) is 34.0 Å². The lowest BCUT2D eigenvalue weighted by atomic mass is 10.2. The van der Waals surface area contributed by atoms with Crippen molar-refractivity contribution in [3.05, 3.63) is 69.7 Å². The molecule has 0 N–H and O–H groups in total. The monoisotopic (exact) mass is 385 g/mol. The van der Waals surface area contributed by atoms with Gasteiger partial charge in [-0.15, -0.1) is 0 Å². The summed E-state index contributed by atoms with van der Waals surface area (Å²) in [6.45, 7) is 2.89. The molecule has 3 aromatic rings. The smallest absolute Gasteiger partial charge is 0.261 e. The Bertz CT molecular complexity index is 1020. The van der Waals surface area contributed by atoms with E-state index in [4.69, 9.17) is 16.3 Å². The number of hydrogen-bond acceptors (Lipinski definition) is 4. The molecule has 0 aliphatic heterocycles. The van der Waals surface area contributed by atoms with E-state index in [1.807, 2.05) is 31.2 Å². The first-order chi connectivity index (χ1) is 13.0. The summed E-state index contributed by atoms with van der Waals surface area (Å²) in [6.07, 6.45) is 1.39. The van der Waals surface area contributed by atoms with E-state index in [0.29, 0.717) is 29.1 Å². The summed E-state index contributed by atoms with van der Waals surface area (Å²) in [7, 11) is 1.70. The van der Waals surface area contributed by atoms with E-state index >= 15 is 0 Å². The zero-order valence-electron chi connectivity index (χ0n) is 15.2. The maximum Gasteiger partial charge on any atom is 0.261 e. The minimum absolute atomic E-state index is 0.0815. The number of carbonyl (C=O) groups is 1. The van der Waals surface area contributed by atoms with Crippen LogP contribution in [-0.2, 0) is 17.9 Å². The van der Waals surface area contributed by atoms with Crippen LogP contribution in [0.1, 0.15) is 12.5 Å². The predicted molar refractivity (Wildman–Crippen MR) is 105 cm³/mol. The Labute approximate surface area is 162 Å². The van der Waals surface area contributed by atoms with Crippen molar-refractivity contribution in [2.75, 3.05) is 13.7 Å². The van der Waals surface area contributed by atoms with Gasteiger partial charge in [-0.2, -0.15) is 0 Å². The number of amides is 1. The number of hydrogen-bond donors (Lipinski definition) is 0. The number of carbonyl (C=O) groups excluding carboxylic acids is 1. The van der Waals surface area contributed by atoms with Crippen molar-refractivity contribution in [1.82, 2.24) is 14.5 Å². The number of halogens is 1. The van der Waals surface area contributed by atoms with Crippen LogP contribution in [0.5, 0.6) is 5.75 Å². The molecule has 140 valence electrons. The molecule has 0 spiro atoms. The Morgan fingerprint density at radius 1 is 1.22 bits per heavy atom. The van der Waals surface area contributed by atoms with Crippen molar-refractivity contribution < 1.29 is 9.53 Å². The Hall–Kier alpha value is -2.86. The van der Waals surface area contributed by atoms with E-state index in [2.05, 4.69) is 4.98 Å². The lowest BCUT2D eigenvalue weighted by Gasteiger charge is -2.18. The summed E-state index contributed by atoms with van der Waals surface area (Å²) in [5, 5.41) is 0.852. The normalized spacial score (nSPS) is 10.8. The number of ether oxygens (including phenoxy) is 1. The van der Waals surface area contributed by atoms with E-state index in [-0.39, 0.29) is 18.0 Å². The van der Waals surface area contributed by atoms with Crippen LogP contribution in [0.2, 0.25) is 5.02 Å². The van der Waals surface area contributed by atoms with Crippen molar-refractivity contribution in [2.45, 2.75) is 20.0 Å². The first kappa shape index (κ1) is 18.9. The van der Waals surface area contributed by atoms with Gasteiger partial charge in [0.1, 0.15) is 12.3 Å². The minimum Gasteiger partial charge on any atom is -0.494 e. The van der Waals surface area contributed by atoms with E-state index in [1.165, 1.54) is 10.9 Å². The van der Waals surface area contributed by atoms with Gasteiger partial charge in [0, 0.05) is 18.6 Å². The quantitative estimate of drug-likeness (QED) is 0.654. The SMILES string of the molecule is CCOc1ccc(CN(C)C(=O)Cn2cnc3ccc(Cl)cc3c2=O)cc1. The van der Waals surface area contributed by atoms with Crippen molar-refractivity contribution >= 4 is 28.4 Å². The van der Waals surface area contributed by atoms with Gasteiger partial charge in [0.15, 0.2) is 0 Å². The van der Waals surface area contributed by atoms with Gasteiger partial charge in [0.05, 0.1) is 23.8 Å². The van der Waals surface area contributed by atoms with Crippen molar-refractivity contribution in [1.29, 1.82) is 0 Å². The lowest BCUT2D eigenvalue weighted by Crippen LogP contribution is -2.33. The highest BCUT2D eigenvalue weighted by molar-refractivity contribution is 6.31. The Balaban J connectivity index is 1.71. The van der Waals surface area contributed by atoms with Crippen LogP contribution in [0.4, 0.5) is 0 Å². The van der Waals surface area contributed by atoms with Crippen molar-refractivity contribution in [2.24, 2.45) is 0 Å². The molecule has 1 heterocycles. The third-order valence-electron chi connectivity index (χ3n) is 4.17. The van der Waals surface area contributed by atoms with E-state index in [1.54, 1.807) is 30.1 Å². The molecule has 3 rings (SSSR count).